The molecule has 2 aliphatic heterocycles. The van der Waals surface area contributed by atoms with Crippen LogP contribution in [0.1, 0.15) is 36.8 Å². The Morgan fingerprint density at radius 3 is 3.00 bits per heavy atom. The van der Waals surface area contributed by atoms with Crippen LogP contribution in [0.25, 0.3) is 0 Å². The zero-order valence-electron chi connectivity index (χ0n) is 11.1. The van der Waals surface area contributed by atoms with E-state index in [9.17, 15) is 4.79 Å². The third-order valence-corrected chi connectivity index (χ3v) is 4.27. The molecule has 0 radical (unpaired) electrons. The maximum absolute atomic E-state index is 11.9. The van der Waals surface area contributed by atoms with E-state index >= 15 is 0 Å². The van der Waals surface area contributed by atoms with Gasteiger partial charge in [-0.3, -0.25) is 4.79 Å². The predicted molar refractivity (Wildman–Crippen MR) is 73.0 cm³/mol. The maximum atomic E-state index is 11.9. The molecule has 1 N–H and O–H groups in total. The first-order valence-corrected chi connectivity index (χ1v) is 6.80. The summed E-state index contributed by atoms with van der Waals surface area (Å²) in [7, 11) is 1.86. The van der Waals surface area contributed by atoms with Crippen molar-refractivity contribution < 1.29 is 4.79 Å². The van der Waals surface area contributed by atoms with Crippen molar-refractivity contribution in [1.82, 2.24) is 5.32 Å². The molecule has 0 aliphatic carbocycles. The van der Waals surface area contributed by atoms with Gasteiger partial charge in [-0.05, 0) is 49.9 Å². The van der Waals surface area contributed by atoms with Crippen LogP contribution < -0.4 is 10.2 Å². The second-order valence-corrected chi connectivity index (χ2v) is 5.51. The van der Waals surface area contributed by atoms with Crippen molar-refractivity contribution >= 4 is 11.6 Å². The number of benzene rings is 1. The Bertz CT molecular complexity index is 477. The summed E-state index contributed by atoms with van der Waals surface area (Å²) >= 11 is 0. The van der Waals surface area contributed by atoms with Crippen molar-refractivity contribution in [2.75, 3.05) is 18.5 Å². The SMILES string of the molecule is CC1C(=O)N(C)c2ccc(CC3CCCN3)cc21. The second kappa shape index (κ2) is 4.39. The first-order valence-electron chi connectivity index (χ1n) is 6.80. The summed E-state index contributed by atoms with van der Waals surface area (Å²) in [6.07, 6.45) is 3.64. The number of rotatable bonds is 2. The maximum Gasteiger partial charge on any atom is 0.234 e. The van der Waals surface area contributed by atoms with Crippen LogP contribution in [0.3, 0.4) is 0 Å². The van der Waals surface area contributed by atoms with Gasteiger partial charge in [0.1, 0.15) is 0 Å². The summed E-state index contributed by atoms with van der Waals surface area (Å²) in [5, 5.41) is 3.52. The van der Waals surface area contributed by atoms with Gasteiger partial charge in [-0.15, -0.1) is 0 Å². The Kier molecular flexibility index (Phi) is 2.86. The van der Waals surface area contributed by atoms with Crippen LogP contribution >= 0.6 is 0 Å². The molecule has 1 aromatic rings. The monoisotopic (exact) mass is 244 g/mol. The molecule has 3 heteroatoms. The van der Waals surface area contributed by atoms with Crippen LogP contribution in [-0.4, -0.2) is 25.5 Å². The lowest BCUT2D eigenvalue weighted by Crippen LogP contribution is -2.23. The lowest BCUT2D eigenvalue weighted by atomic mass is 9.97. The lowest BCUT2D eigenvalue weighted by Gasteiger charge is -2.13. The zero-order valence-corrected chi connectivity index (χ0v) is 11.1. The summed E-state index contributed by atoms with van der Waals surface area (Å²) < 4.78 is 0. The molecule has 0 aromatic heterocycles. The molecular weight excluding hydrogens is 224 g/mol. The Morgan fingerprint density at radius 1 is 1.44 bits per heavy atom. The number of nitrogens with one attached hydrogen (secondary N) is 1. The largest absolute Gasteiger partial charge is 0.315 e. The fourth-order valence-corrected chi connectivity index (χ4v) is 3.14. The van der Waals surface area contributed by atoms with Gasteiger partial charge in [0.05, 0.1) is 5.92 Å². The minimum absolute atomic E-state index is 0.0153. The summed E-state index contributed by atoms with van der Waals surface area (Å²) in [5.41, 5.74) is 3.62. The minimum atomic E-state index is 0.0153. The number of carbonyl (C=O) groups is 1. The molecule has 1 aromatic carbocycles. The molecule has 96 valence electrons. The van der Waals surface area contributed by atoms with E-state index in [-0.39, 0.29) is 11.8 Å². The highest BCUT2D eigenvalue weighted by molar-refractivity contribution is 6.04. The topological polar surface area (TPSA) is 32.3 Å². The standard InChI is InChI=1S/C15H20N2O/c1-10-13-9-11(8-12-4-3-7-16-12)5-6-14(13)17(2)15(10)18/h5-6,9-10,12,16H,3-4,7-8H2,1-2H3. The highest BCUT2D eigenvalue weighted by Crippen LogP contribution is 2.36. The van der Waals surface area contributed by atoms with Crippen LogP contribution in [0.15, 0.2) is 18.2 Å². The van der Waals surface area contributed by atoms with E-state index in [2.05, 4.69) is 23.5 Å². The van der Waals surface area contributed by atoms with E-state index in [0.29, 0.717) is 6.04 Å². The molecule has 1 saturated heterocycles. The van der Waals surface area contributed by atoms with E-state index in [1.165, 1.54) is 24.0 Å². The normalized spacial score (nSPS) is 26.8. The molecule has 1 amide bonds. The first kappa shape index (κ1) is 11.7. The van der Waals surface area contributed by atoms with Crippen molar-refractivity contribution in [2.24, 2.45) is 0 Å². The summed E-state index contributed by atoms with van der Waals surface area (Å²) in [5.74, 6) is 0.225. The molecule has 2 aliphatic rings. The van der Waals surface area contributed by atoms with Gasteiger partial charge in [0.25, 0.3) is 0 Å². The quantitative estimate of drug-likeness (QED) is 0.863. The van der Waals surface area contributed by atoms with E-state index in [4.69, 9.17) is 0 Å². The Hall–Kier alpha value is -1.35. The van der Waals surface area contributed by atoms with Crippen LogP contribution in [0, 0.1) is 0 Å². The molecular formula is C15H20N2O. The van der Waals surface area contributed by atoms with Gasteiger partial charge in [0.2, 0.25) is 5.91 Å². The molecule has 3 rings (SSSR count). The summed E-state index contributed by atoms with van der Waals surface area (Å²) in [6.45, 7) is 3.15. The van der Waals surface area contributed by atoms with Crippen LogP contribution in [0.5, 0.6) is 0 Å². The smallest absolute Gasteiger partial charge is 0.234 e. The predicted octanol–water partition coefficient (Wildman–Crippen LogP) is 2.06. The summed E-state index contributed by atoms with van der Waals surface area (Å²) in [6, 6.07) is 7.11. The van der Waals surface area contributed by atoms with E-state index in [0.717, 1.165) is 18.7 Å². The van der Waals surface area contributed by atoms with Gasteiger partial charge in [0, 0.05) is 18.8 Å². The number of carbonyl (C=O) groups excluding carboxylic acids is 1. The molecule has 2 unspecified atom stereocenters. The fraction of sp³-hybridized carbons (Fsp3) is 0.533. The van der Waals surface area contributed by atoms with Crippen molar-refractivity contribution in [3.63, 3.8) is 0 Å². The van der Waals surface area contributed by atoms with Gasteiger partial charge in [-0.1, -0.05) is 12.1 Å². The van der Waals surface area contributed by atoms with E-state index in [1.54, 1.807) is 4.90 Å². The number of amides is 1. The molecule has 2 heterocycles. The lowest BCUT2D eigenvalue weighted by molar-refractivity contribution is -0.118. The first-order chi connectivity index (χ1) is 8.66. The number of anilines is 1. The number of hydrogen-bond acceptors (Lipinski definition) is 2. The van der Waals surface area contributed by atoms with Crippen molar-refractivity contribution in [2.45, 2.75) is 38.1 Å². The molecule has 0 saturated carbocycles. The molecule has 0 spiro atoms. The van der Waals surface area contributed by atoms with Crippen LogP contribution in [0.2, 0.25) is 0 Å². The fourth-order valence-electron chi connectivity index (χ4n) is 3.14. The molecule has 0 bridgehead atoms. The number of likely N-dealkylation sites (N-methyl/N-ethyl adjacent to an activating group) is 1. The van der Waals surface area contributed by atoms with Gasteiger partial charge in [0.15, 0.2) is 0 Å². The number of fused-ring (bicyclic) bond motifs is 1. The van der Waals surface area contributed by atoms with Gasteiger partial charge >= 0.3 is 0 Å². The minimum Gasteiger partial charge on any atom is -0.315 e. The Morgan fingerprint density at radius 2 is 2.28 bits per heavy atom. The van der Waals surface area contributed by atoms with Gasteiger partial charge < -0.3 is 10.2 Å². The Balaban J connectivity index is 1.85. The number of hydrogen-bond donors (Lipinski definition) is 1. The highest BCUT2D eigenvalue weighted by atomic mass is 16.2. The van der Waals surface area contributed by atoms with Crippen LogP contribution in [0.4, 0.5) is 5.69 Å². The van der Waals surface area contributed by atoms with E-state index in [1.807, 2.05) is 14.0 Å². The average molecular weight is 244 g/mol. The zero-order chi connectivity index (χ0) is 12.7. The molecule has 1 fully saturated rings. The summed E-state index contributed by atoms with van der Waals surface area (Å²) in [4.78, 5) is 13.7. The van der Waals surface area contributed by atoms with Gasteiger partial charge in [-0.2, -0.15) is 0 Å². The molecule has 18 heavy (non-hydrogen) atoms. The Labute approximate surface area is 108 Å². The molecule has 3 nitrogen and oxygen atoms in total. The van der Waals surface area contributed by atoms with Crippen molar-refractivity contribution in [3.8, 4) is 0 Å². The van der Waals surface area contributed by atoms with Gasteiger partial charge in [-0.25, -0.2) is 0 Å². The second-order valence-electron chi connectivity index (χ2n) is 5.51. The molecule has 2 atom stereocenters. The average Bonchev–Trinajstić information content (AvgIpc) is 2.95. The van der Waals surface area contributed by atoms with Crippen LogP contribution in [-0.2, 0) is 11.2 Å². The number of nitrogens with zero attached hydrogens (tertiary/aromatic N) is 1. The van der Waals surface area contributed by atoms with Crippen molar-refractivity contribution in [1.29, 1.82) is 0 Å². The third-order valence-electron chi connectivity index (χ3n) is 4.27. The highest BCUT2D eigenvalue weighted by Gasteiger charge is 2.31. The van der Waals surface area contributed by atoms with Crippen molar-refractivity contribution in [3.05, 3.63) is 29.3 Å². The van der Waals surface area contributed by atoms with E-state index < -0.39 is 0 Å². The third kappa shape index (κ3) is 1.83.